The predicted octanol–water partition coefficient (Wildman–Crippen LogP) is 2.65. The topological polar surface area (TPSA) is 110 Å². The van der Waals surface area contributed by atoms with Crippen molar-refractivity contribution < 1.29 is 9.53 Å². The number of H-pyrrole nitrogens is 1. The standard InChI is InChI=1S/C22H32N4O4/c1-7-8-12-26-18(23)17(19(27)24-21(26)29)25(6)20(28)14(2)30-16-11-9-10-15(13-16)22(3,4)5/h9-11,13-14H,7-8,12,23H2,1-6H3,(H,24,27,29)/t14-/m0/s1. The molecule has 164 valence electrons. The third-order valence-corrected chi connectivity index (χ3v) is 4.98. The van der Waals surface area contributed by atoms with E-state index in [0.717, 1.165) is 23.3 Å². The second-order valence-electron chi connectivity index (χ2n) is 8.43. The van der Waals surface area contributed by atoms with E-state index < -0.39 is 23.3 Å². The molecule has 1 atom stereocenters. The summed E-state index contributed by atoms with van der Waals surface area (Å²) >= 11 is 0. The Morgan fingerprint density at radius 1 is 1.30 bits per heavy atom. The maximum absolute atomic E-state index is 12.9. The summed E-state index contributed by atoms with van der Waals surface area (Å²) in [7, 11) is 1.45. The van der Waals surface area contributed by atoms with Gasteiger partial charge in [-0.1, -0.05) is 46.2 Å². The number of amides is 1. The molecule has 0 saturated carbocycles. The van der Waals surface area contributed by atoms with Gasteiger partial charge in [-0.2, -0.15) is 0 Å². The summed E-state index contributed by atoms with van der Waals surface area (Å²) in [4.78, 5) is 40.8. The van der Waals surface area contributed by atoms with Crippen LogP contribution in [0.4, 0.5) is 11.5 Å². The van der Waals surface area contributed by atoms with Crippen LogP contribution >= 0.6 is 0 Å². The minimum atomic E-state index is -0.861. The van der Waals surface area contributed by atoms with Crippen LogP contribution in [0.15, 0.2) is 33.9 Å². The van der Waals surface area contributed by atoms with Gasteiger partial charge in [-0.3, -0.25) is 19.1 Å². The molecule has 0 aliphatic rings. The molecule has 0 bridgehead atoms. The second-order valence-corrected chi connectivity index (χ2v) is 8.43. The van der Waals surface area contributed by atoms with Crippen molar-refractivity contribution in [2.75, 3.05) is 17.7 Å². The Morgan fingerprint density at radius 2 is 1.97 bits per heavy atom. The van der Waals surface area contributed by atoms with Crippen molar-refractivity contribution in [2.45, 2.75) is 65.5 Å². The van der Waals surface area contributed by atoms with E-state index in [4.69, 9.17) is 10.5 Å². The number of ether oxygens (including phenoxy) is 1. The summed E-state index contributed by atoms with van der Waals surface area (Å²) in [5, 5.41) is 0. The van der Waals surface area contributed by atoms with Crippen LogP contribution in [0.1, 0.15) is 53.0 Å². The van der Waals surface area contributed by atoms with Crippen LogP contribution in [0.25, 0.3) is 0 Å². The third-order valence-electron chi connectivity index (χ3n) is 4.98. The Bertz CT molecular complexity index is 1020. The van der Waals surface area contributed by atoms with Crippen LogP contribution in [0.5, 0.6) is 5.75 Å². The quantitative estimate of drug-likeness (QED) is 0.721. The summed E-state index contributed by atoms with van der Waals surface area (Å²) in [6.07, 6.45) is 0.713. The largest absolute Gasteiger partial charge is 0.481 e. The number of nitrogens with two attached hydrogens (primary N) is 1. The van der Waals surface area contributed by atoms with Crippen LogP contribution in [0.3, 0.4) is 0 Å². The van der Waals surface area contributed by atoms with Crippen molar-refractivity contribution >= 4 is 17.4 Å². The van der Waals surface area contributed by atoms with Gasteiger partial charge in [0.1, 0.15) is 11.6 Å². The van der Waals surface area contributed by atoms with Crippen molar-refractivity contribution in [2.24, 2.45) is 0 Å². The minimum Gasteiger partial charge on any atom is -0.481 e. The SMILES string of the molecule is CCCCn1c(N)c(N(C)C(=O)[C@H](C)Oc2cccc(C(C)(C)C)c2)c(=O)[nH]c1=O. The van der Waals surface area contributed by atoms with Crippen molar-refractivity contribution in [1.29, 1.82) is 0 Å². The maximum atomic E-state index is 12.9. The molecule has 0 aliphatic carbocycles. The van der Waals surface area contributed by atoms with Gasteiger partial charge >= 0.3 is 5.69 Å². The predicted molar refractivity (Wildman–Crippen MR) is 119 cm³/mol. The number of unbranched alkanes of at least 4 members (excludes halogenated alkanes) is 1. The monoisotopic (exact) mass is 416 g/mol. The Balaban J connectivity index is 2.29. The number of aromatic amines is 1. The van der Waals surface area contributed by atoms with Crippen LogP contribution < -0.4 is 26.6 Å². The molecule has 0 radical (unpaired) electrons. The van der Waals surface area contributed by atoms with E-state index in [0.29, 0.717) is 12.3 Å². The number of hydrogen-bond acceptors (Lipinski definition) is 5. The van der Waals surface area contributed by atoms with Crippen LogP contribution in [0.2, 0.25) is 0 Å². The fourth-order valence-corrected chi connectivity index (χ4v) is 3.11. The molecular weight excluding hydrogens is 384 g/mol. The molecule has 8 nitrogen and oxygen atoms in total. The highest BCUT2D eigenvalue weighted by Crippen LogP contribution is 2.26. The average molecular weight is 417 g/mol. The summed E-state index contributed by atoms with van der Waals surface area (Å²) in [6, 6.07) is 7.56. The first-order chi connectivity index (χ1) is 14.0. The van der Waals surface area contributed by atoms with Gasteiger partial charge in [0.25, 0.3) is 11.5 Å². The summed E-state index contributed by atoms with van der Waals surface area (Å²) < 4.78 is 7.12. The number of nitrogens with one attached hydrogen (secondary N) is 1. The molecule has 3 N–H and O–H groups in total. The van der Waals surface area contributed by atoms with Crippen LogP contribution in [-0.4, -0.2) is 28.6 Å². The lowest BCUT2D eigenvalue weighted by Gasteiger charge is -2.24. The molecule has 1 amide bonds. The fourth-order valence-electron chi connectivity index (χ4n) is 3.11. The van der Waals surface area contributed by atoms with Gasteiger partial charge in [-0.05, 0) is 36.5 Å². The molecule has 8 heteroatoms. The van der Waals surface area contributed by atoms with Gasteiger partial charge < -0.3 is 15.4 Å². The zero-order valence-corrected chi connectivity index (χ0v) is 18.6. The molecule has 0 aliphatic heterocycles. The number of aromatic nitrogens is 2. The van der Waals surface area contributed by atoms with E-state index in [2.05, 4.69) is 25.8 Å². The Hall–Kier alpha value is -3.03. The van der Waals surface area contributed by atoms with Gasteiger partial charge in [-0.25, -0.2) is 4.79 Å². The number of nitrogen functional groups attached to an aromatic ring is 1. The summed E-state index contributed by atoms with van der Waals surface area (Å²) in [5.41, 5.74) is 5.76. The smallest absolute Gasteiger partial charge is 0.330 e. The zero-order chi connectivity index (χ0) is 22.6. The van der Waals surface area contributed by atoms with Crippen molar-refractivity contribution in [3.8, 4) is 5.75 Å². The van der Waals surface area contributed by atoms with E-state index >= 15 is 0 Å². The Morgan fingerprint density at radius 3 is 2.57 bits per heavy atom. The molecule has 0 fully saturated rings. The highest BCUT2D eigenvalue weighted by Gasteiger charge is 2.26. The molecule has 0 saturated heterocycles. The van der Waals surface area contributed by atoms with Crippen LogP contribution in [-0.2, 0) is 16.8 Å². The molecule has 1 aromatic carbocycles. The highest BCUT2D eigenvalue weighted by atomic mass is 16.5. The molecule has 0 unspecified atom stereocenters. The lowest BCUT2D eigenvalue weighted by molar-refractivity contribution is -0.124. The molecular formula is C22H32N4O4. The van der Waals surface area contributed by atoms with E-state index in [-0.39, 0.29) is 16.9 Å². The zero-order valence-electron chi connectivity index (χ0n) is 18.6. The van der Waals surface area contributed by atoms with Crippen molar-refractivity contribution in [3.63, 3.8) is 0 Å². The number of benzene rings is 1. The Labute approximate surface area is 176 Å². The van der Waals surface area contributed by atoms with Crippen molar-refractivity contribution in [3.05, 3.63) is 50.7 Å². The number of rotatable bonds is 7. The Kier molecular flexibility index (Phi) is 7.12. The third kappa shape index (κ3) is 5.11. The van der Waals surface area contributed by atoms with Gasteiger partial charge in [-0.15, -0.1) is 0 Å². The maximum Gasteiger partial charge on any atom is 0.330 e. The number of likely N-dealkylation sites (N-methyl/N-ethyl adjacent to an activating group) is 1. The molecule has 2 aromatic rings. The van der Waals surface area contributed by atoms with Gasteiger partial charge in [0, 0.05) is 13.6 Å². The number of nitrogens with zero attached hydrogens (tertiary/aromatic N) is 2. The van der Waals surface area contributed by atoms with E-state index in [1.54, 1.807) is 13.0 Å². The first-order valence-corrected chi connectivity index (χ1v) is 10.1. The van der Waals surface area contributed by atoms with E-state index in [1.807, 2.05) is 25.1 Å². The molecule has 1 heterocycles. The lowest BCUT2D eigenvalue weighted by Crippen LogP contribution is -2.43. The first-order valence-electron chi connectivity index (χ1n) is 10.1. The number of carbonyl (C=O) groups is 1. The normalized spacial score (nSPS) is 12.5. The van der Waals surface area contributed by atoms with Crippen molar-refractivity contribution in [1.82, 2.24) is 9.55 Å². The molecule has 0 spiro atoms. The minimum absolute atomic E-state index is 0.0324. The van der Waals surface area contributed by atoms with Gasteiger partial charge in [0.05, 0.1) is 0 Å². The second kappa shape index (κ2) is 9.19. The summed E-state index contributed by atoms with van der Waals surface area (Å²) in [6.45, 7) is 10.2. The molecule has 1 aromatic heterocycles. The highest BCUT2D eigenvalue weighted by molar-refractivity contribution is 5.97. The average Bonchev–Trinajstić information content (AvgIpc) is 2.66. The number of anilines is 2. The van der Waals surface area contributed by atoms with E-state index in [9.17, 15) is 14.4 Å². The number of carbonyl (C=O) groups excluding carboxylic acids is 1. The lowest BCUT2D eigenvalue weighted by atomic mass is 9.87. The van der Waals surface area contributed by atoms with Gasteiger partial charge in [0.15, 0.2) is 11.8 Å². The summed E-state index contributed by atoms with van der Waals surface area (Å²) in [5.74, 6) is 0.0792. The first kappa shape index (κ1) is 23.3. The van der Waals surface area contributed by atoms with Crippen LogP contribution in [0, 0.1) is 0 Å². The molecule has 30 heavy (non-hydrogen) atoms. The van der Waals surface area contributed by atoms with E-state index in [1.165, 1.54) is 11.6 Å². The van der Waals surface area contributed by atoms with Gasteiger partial charge in [0.2, 0.25) is 0 Å². The molecule has 2 rings (SSSR count). The fraction of sp³-hybridized carbons (Fsp3) is 0.500. The number of hydrogen-bond donors (Lipinski definition) is 2.